The van der Waals surface area contributed by atoms with E-state index in [2.05, 4.69) is 155 Å². The molecule has 7 aromatic carbocycles. The fraction of sp³-hybridized carbons (Fsp3) is 0. The van der Waals surface area contributed by atoms with E-state index in [4.69, 9.17) is 4.42 Å². The molecule has 4 heteroatoms. The van der Waals surface area contributed by atoms with Crippen molar-refractivity contribution in [3.8, 4) is 11.4 Å². The Morgan fingerprint density at radius 1 is 0.413 bits per heavy atom. The molecule has 0 bridgehead atoms. The molecule has 3 nitrogen and oxygen atoms in total. The topological polar surface area (TPSA) is 23.0 Å². The van der Waals surface area contributed by atoms with Gasteiger partial charge in [0.2, 0.25) is 0 Å². The van der Waals surface area contributed by atoms with E-state index < -0.39 is 0 Å². The number of aromatic nitrogens is 2. The number of hydrogen-bond acceptors (Lipinski definition) is 2. The largest absolute Gasteiger partial charge is 0.455 e. The van der Waals surface area contributed by atoms with Gasteiger partial charge in [0.1, 0.15) is 11.2 Å². The molecule has 0 aliphatic carbocycles. The van der Waals surface area contributed by atoms with Crippen molar-refractivity contribution < 1.29 is 4.42 Å². The monoisotopic (exact) mass is 604 g/mol. The summed E-state index contributed by atoms with van der Waals surface area (Å²) in [5, 5.41) is 9.67. The molecule has 0 amide bonds. The van der Waals surface area contributed by atoms with Crippen molar-refractivity contribution in [1.82, 2.24) is 9.13 Å². The minimum absolute atomic E-state index is 0.908. The number of para-hydroxylation sites is 4. The summed E-state index contributed by atoms with van der Waals surface area (Å²) in [6, 6.07) is 52.6. The van der Waals surface area contributed by atoms with Crippen molar-refractivity contribution in [3.05, 3.63) is 146 Å². The van der Waals surface area contributed by atoms with Gasteiger partial charge in [0, 0.05) is 58.5 Å². The number of furan rings is 1. The average Bonchev–Trinajstić information content (AvgIpc) is 3.86. The highest BCUT2D eigenvalue weighted by molar-refractivity contribution is 7.25. The second-order valence-electron chi connectivity index (χ2n) is 12.1. The Hall–Kier alpha value is -5.84. The molecule has 11 rings (SSSR count). The van der Waals surface area contributed by atoms with E-state index in [0.29, 0.717) is 0 Å². The molecule has 0 aliphatic rings. The third-order valence-corrected chi connectivity index (χ3v) is 10.8. The Balaban J connectivity index is 1.46. The lowest BCUT2D eigenvalue weighted by molar-refractivity contribution is 0.673. The van der Waals surface area contributed by atoms with Crippen molar-refractivity contribution >= 4 is 97.1 Å². The minimum atomic E-state index is 0.908. The predicted octanol–water partition coefficient (Wildman–Crippen LogP) is 12.1. The molecule has 0 aliphatic heterocycles. The van der Waals surface area contributed by atoms with Gasteiger partial charge < -0.3 is 13.6 Å². The first-order valence-electron chi connectivity index (χ1n) is 15.6. The summed E-state index contributed by atoms with van der Waals surface area (Å²) in [6.07, 6.45) is 0. The first kappa shape index (κ1) is 24.5. The highest BCUT2D eigenvalue weighted by atomic mass is 32.1. The van der Waals surface area contributed by atoms with E-state index in [1.165, 1.54) is 52.8 Å². The lowest BCUT2D eigenvalue weighted by Crippen LogP contribution is -1.98. The normalized spacial score (nSPS) is 12.3. The van der Waals surface area contributed by atoms with Crippen LogP contribution in [0.2, 0.25) is 0 Å². The number of hydrogen-bond donors (Lipinski definition) is 0. The second kappa shape index (κ2) is 8.87. The summed E-state index contributed by atoms with van der Waals surface area (Å²) in [6.45, 7) is 0. The van der Waals surface area contributed by atoms with Crippen LogP contribution in [0, 0.1) is 0 Å². The predicted molar refractivity (Wildman–Crippen MR) is 195 cm³/mol. The molecular weight excluding hydrogens is 581 g/mol. The smallest absolute Gasteiger partial charge is 0.146 e. The maximum absolute atomic E-state index is 6.89. The van der Waals surface area contributed by atoms with Crippen molar-refractivity contribution in [2.24, 2.45) is 0 Å². The Kier molecular flexibility index (Phi) is 4.72. The number of rotatable bonds is 2. The maximum Gasteiger partial charge on any atom is 0.146 e. The van der Waals surface area contributed by atoms with Crippen LogP contribution in [0.25, 0.3) is 97.1 Å². The zero-order valence-electron chi connectivity index (χ0n) is 24.6. The van der Waals surface area contributed by atoms with Gasteiger partial charge in [-0.1, -0.05) is 91.0 Å². The first-order valence-corrected chi connectivity index (χ1v) is 16.4. The summed E-state index contributed by atoms with van der Waals surface area (Å²) in [5.41, 5.74) is 8.81. The van der Waals surface area contributed by atoms with Crippen LogP contribution in [0.1, 0.15) is 0 Å². The SMILES string of the molecule is c1ccc(-n2c3ccccc3c3c4c5ccccc5oc4c4c5ccccc5n(-c5ccc6sc7ccccc7c6c5)c4c32)cc1. The molecule has 0 unspecified atom stereocenters. The van der Waals surface area contributed by atoms with Crippen LogP contribution < -0.4 is 0 Å². The Morgan fingerprint density at radius 3 is 1.80 bits per heavy atom. The number of nitrogens with zero attached hydrogens (tertiary/aromatic N) is 2. The van der Waals surface area contributed by atoms with Gasteiger partial charge in [0.05, 0.1) is 27.5 Å². The van der Waals surface area contributed by atoms with E-state index in [-0.39, 0.29) is 0 Å². The van der Waals surface area contributed by atoms with Gasteiger partial charge in [-0.3, -0.25) is 0 Å². The van der Waals surface area contributed by atoms with Crippen LogP contribution in [0.5, 0.6) is 0 Å². The van der Waals surface area contributed by atoms with Gasteiger partial charge in [-0.25, -0.2) is 0 Å². The van der Waals surface area contributed by atoms with Crippen LogP contribution in [0.15, 0.2) is 150 Å². The van der Waals surface area contributed by atoms with Gasteiger partial charge in [-0.2, -0.15) is 0 Å². The van der Waals surface area contributed by atoms with E-state index >= 15 is 0 Å². The van der Waals surface area contributed by atoms with Crippen LogP contribution in [-0.4, -0.2) is 9.13 Å². The summed E-state index contributed by atoms with van der Waals surface area (Å²) in [5.74, 6) is 0. The molecule has 0 fully saturated rings. The highest BCUT2D eigenvalue weighted by Gasteiger charge is 2.27. The number of benzene rings is 7. The quantitative estimate of drug-likeness (QED) is 0.192. The number of thiophene rings is 1. The maximum atomic E-state index is 6.89. The Labute approximate surface area is 266 Å². The molecule has 0 spiro atoms. The zero-order valence-corrected chi connectivity index (χ0v) is 25.4. The van der Waals surface area contributed by atoms with Crippen LogP contribution >= 0.6 is 11.3 Å². The van der Waals surface area contributed by atoms with E-state index in [0.717, 1.165) is 44.3 Å². The Morgan fingerprint density at radius 2 is 1.00 bits per heavy atom. The summed E-state index contributed by atoms with van der Waals surface area (Å²) >= 11 is 1.86. The molecule has 214 valence electrons. The van der Waals surface area contributed by atoms with Gasteiger partial charge in [-0.05, 0) is 54.6 Å². The second-order valence-corrected chi connectivity index (χ2v) is 13.2. The molecule has 0 radical (unpaired) electrons. The molecule has 4 aromatic heterocycles. The lowest BCUT2D eigenvalue weighted by Gasteiger charge is -2.13. The van der Waals surface area contributed by atoms with E-state index in [1.807, 2.05) is 11.3 Å². The van der Waals surface area contributed by atoms with E-state index in [1.54, 1.807) is 0 Å². The number of fused-ring (bicyclic) bond motifs is 15. The standard InChI is InChI=1S/C42H24N2OS/c1-2-12-25(13-3-1)43-32-18-8-4-15-28(32)37-38-30-17-6-10-20-34(30)45-42(38)39-29-16-5-9-19-33(29)44(41(39)40(37)43)26-22-23-36-31(24-26)27-14-7-11-21-35(27)46-36/h1-24H. The van der Waals surface area contributed by atoms with Crippen LogP contribution in [0.3, 0.4) is 0 Å². The zero-order chi connectivity index (χ0) is 29.9. The fourth-order valence-electron chi connectivity index (χ4n) is 7.85. The molecule has 4 heterocycles. The van der Waals surface area contributed by atoms with Crippen molar-refractivity contribution in [2.75, 3.05) is 0 Å². The van der Waals surface area contributed by atoms with Crippen molar-refractivity contribution in [2.45, 2.75) is 0 Å². The molecule has 0 saturated heterocycles. The summed E-state index contributed by atoms with van der Waals surface area (Å²) in [7, 11) is 0. The molecule has 11 aromatic rings. The first-order chi connectivity index (χ1) is 22.8. The van der Waals surface area contributed by atoms with Crippen LogP contribution in [0.4, 0.5) is 0 Å². The molecule has 0 atom stereocenters. The fourth-order valence-corrected chi connectivity index (χ4v) is 8.93. The van der Waals surface area contributed by atoms with E-state index in [9.17, 15) is 0 Å². The van der Waals surface area contributed by atoms with Crippen molar-refractivity contribution in [1.29, 1.82) is 0 Å². The lowest BCUT2D eigenvalue weighted by atomic mass is 10.0. The van der Waals surface area contributed by atoms with Gasteiger partial charge >= 0.3 is 0 Å². The third-order valence-electron chi connectivity index (χ3n) is 9.68. The Bertz CT molecular complexity index is 3030. The summed E-state index contributed by atoms with van der Waals surface area (Å²) in [4.78, 5) is 0. The van der Waals surface area contributed by atoms with Crippen molar-refractivity contribution in [3.63, 3.8) is 0 Å². The minimum Gasteiger partial charge on any atom is -0.455 e. The molecule has 0 saturated carbocycles. The third kappa shape index (κ3) is 3.06. The molecule has 46 heavy (non-hydrogen) atoms. The van der Waals surface area contributed by atoms with Gasteiger partial charge in [0.15, 0.2) is 0 Å². The van der Waals surface area contributed by atoms with Gasteiger partial charge in [-0.15, -0.1) is 11.3 Å². The summed E-state index contributed by atoms with van der Waals surface area (Å²) < 4.78 is 14.4. The molecular formula is C42H24N2OS. The molecule has 0 N–H and O–H groups in total. The van der Waals surface area contributed by atoms with Crippen LogP contribution in [-0.2, 0) is 0 Å². The highest BCUT2D eigenvalue weighted by Crippen LogP contribution is 2.49. The average molecular weight is 605 g/mol. The van der Waals surface area contributed by atoms with Gasteiger partial charge in [0.25, 0.3) is 0 Å².